The van der Waals surface area contributed by atoms with Crippen LogP contribution in [-0.2, 0) is 0 Å². The number of carbonyl (C=O) groups is 1. The first-order valence-electron chi connectivity index (χ1n) is 6.93. The molecule has 1 atom stereocenters. The van der Waals surface area contributed by atoms with E-state index >= 15 is 0 Å². The van der Waals surface area contributed by atoms with Crippen molar-refractivity contribution in [2.24, 2.45) is 0 Å². The largest absolute Gasteiger partial charge is 0.497 e. The van der Waals surface area contributed by atoms with Gasteiger partial charge in [-0.2, -0.15) is 13.2 Å². The molecule has 8 heteroatoms. The van der Waals surface area contributed by atoms with Gasteiger partial charge in [-0.3, -0.25) is 9.59 Å². The summed E-state index contributed by atoms with van der Waals surface area (Å²) in [6, 6.07) is 4.19. The Hall–Kier alpha value is -2.77. The van der Waals surface area contributed by atoms with Crippen LogP contribution in [0.4, 0.5) is 13.2 Å². The lowest BCUT2D eigenvalue weighted by Gasteiger charge is -2.22. The molecule has 0 saturated heterocycles. The maximum absolute atomic E-state index is 13.3. The average molecular weight is 340 g/mol. The summed E-state index contributed by atoms with van der Waals surface area (Å²) in [7, 11) is 1.40. The van der Waals surface area contributed by atoms with E-state index in [1.165, 1.54) is 38.3 Å². The van der Waals surface area contributed by atoms with Crippen LogP contribution in [0.3, 0.4) is 0 Å². The molecule has 0 aliphatic carbocycles. The summed E-state index contributed by atoms with van der Waals surface area (Å²) in [5, 5.41) is 1.96. The number of alkyl halides is 3. The predicted molar refractivity (Wildman–Crippen MR) is 81.1 cm³/mol. The van der Waals surface area contributed by atoms with E-state index in [0.29, 0.717) is 5.75 Å². The predicted octanol–water partition coefficient (Wildman–Crippen LogP) is 2.73. The number of hydrogen-bond acceptors (Lipinski definition) is 3. The fraction of sp³-hybridized carbons (Fsp3) is 0.250. The molecule has 24 heavy (non-hydrogen) atoms. The molecule has 5 nitrogen and oxygen atoms in total. The van der Waals surface area contributed by atoms with Crippen LogP contribution in [0, 0.1) is 6.92 Å². The first kappa shape index (κ1) is 17.6. The zero-order valence-corrected chi connectivity index (χ0v) is 12.9. The molecule has 2 N–H and O–H groups in total. The van der Waals surface area contributed by atoms with E-state index in [4.69, 9.17) is 4.74 Å². The second-order valence-electron chi connectivity index (χ2n) is 5.12. The number of aryl methyl sites for hydroxylation is 1. The van der Waals surface area contributed by atoms with Crippen LogP contribution in [0.5, 0.6) is 5.75 Å². The van der Waals surface area contributed by atoms with E-state index in [2.05, 4.69) is 4.98 Å². The summed E-state index contributed by atoms with van der Waals surface area (Å²) >= 11 is 0. The summed E-state index contributed by atoms with van der Waals surface area (Å²) in [6.45, 7) is 1.47. The molecule has 1 heterocycles. The first-order valence-corrected chi connectivity index (χ1v) is 6.93. The molecule has 2 aromatic rings. The van der Waals surface area contributed by atoms with Gasteiger partial charge in [0.15, 0.2) is 6.04 Å². The number of nitrogens with one attached hydrogen (secondary N) is 2. The molecule has 128 valence electrons. The Bertz CT molecular complexity index is 782. The Morgan fingerprint density at radius 3 is 2.38 bits per heavy atom. The lowest BCUT2D eigenvalue weighted by atomic mass is 10.0. The molecule has 0 aliphatic heterocycles. The van der Waals surface area contributed by atoms with Gasteiger partial charge in [0, 0.05) is 12.3 Å². The van der Waals surface area contributed by atoms with Gasteiger partial charge < -0.3 is 15.0 Å². The average Bonchev–Trinajstić information content (AvgIpc) is 2.51. The van der Waals surface area contributed by atoms with Crippen molar-refractivity contribution in [1.82, 2.24) is 10.3 Å². The Morgan fingerprint density at radius 2 is 1.88 bits per heavy atom. The Labute approximate surface area is 135 Å². The Kier molecular flexibility index (Phi) is 4.96. The molecule has 0 radical (unpaired) electrons. The van der Waals surface area contributed by atoms with Gasteiger partial charge in [-0.25, -0.2) is 0 Å². The summed E-state index contributed by atoms with van der Waals surface area (Å²) in [5.74, 6) is -0.524. The second kappa shape index (κ2) is 6.77. The molecule has 2 rings (SSSR count). The smallest absolute Gasteiger partial charge is 0.412 e. The van der Waals surface area contributed by atoms with Gasteiger partial charge in [0.25, 0.3) is 5.91 Å². The fourth-order valence-corrected chi connectivity index (χ4v) is 2.18. The lowest BCUT2D eigenvalue weighted by molar-refractivity contribution is -0.155. The highest BCUT2D eigenvalue weighted by atomic mass is 19.4. The molecule has 0 fully saturated rings. The first-order chi connectivity index (χ1) is 11.2. The standard InChI is InChI=1S/C16H15F3N2O3/c1-9-7-13(22)20-8-12(9)15(23)21-14(16(17,18)19)10-3-5-11(24-2)6-4-10/h3-8,14H,1-2H3,(H,20,22)(H,21,23). The zero-order chi connectivity index (χ0) is 17.9. The number of aromatic amines is 1. The molecule has 0 aliphatic rings. The van der Waals surface area contributed by atoms with Gasteiger partial charge in [0.05, 0.1) is 12.7 Å². The van der Waals surface area contributed by atoms with Gasteiger partial charge in [-0.05, 0) is 30.2 Å². The second-order valence-corrected chi connectivity index (χ2v) is 5.12. The van der Waals surface area contributed by atoms with Crippen molar-refractivity contribution in [2.75, 3.05) is 7.11 Å². The third-order valence-electron chi connectivity index (χ3n) is 3.43. The van der Waals surface area contributed by atoms with Crippen molar-refractivity contribution in [3.05, 3.63) is 63.6 Å². The van der Waals surface area contributed by atoms with Crippen LogP contribution < -0.4 is 15.6 Å². The van der Waals surface area contributed by atoms with E-state index in [9.17, 15) is 22.8 Å². The molecule has 0 saturated carbocycles. The Morgan fingerprint density at radius 1 is 1.25 bits per heavy atom. The summed E-state index contributed by atoms with van der Waals surface area (Å²) < 4.78 is 44.9. The normalized spacial score (nSPS) is 12.5. The minimum Gasteiger partial charge on any atom is -0.497 e. The van der Waals surface area contributed by atoms with Gasteiger partial charge in [0.2, 0.25) is 5.56 Å². The number of methoxy groups -OCH3 is 1. The topological polar surface area (TPSA) is 71.2 Å². The van der Waals surface area contributed by atoms with Crippen LogP contribution >= 0.6 is 0 Å². The number of aromatic nitrogens is 1. The molecule has 1 amide bonds. The van der Waals surface area contributed by atoms with E-state index < -0.39 is 23.7 Å². The van der Waals surface area contributed by atoms with Crippen molar-refractivity contribution in [2.45, 2.75) is 19.1 Å². The maximum atomic E-state index is 13.3. The van der Waals surface area contributed by atoms with Gasteiger partial charge >= 0.3 is 6.18 Å². The quantitative estimate of drug-likeness (QED) is 0.899. The number of rotatable bonds is 4. The van der Waals surface area contributed by atoms with Crippen molar-refractivity contribution in [3.63, 3.8) is 0 Å². The van der Waals surface area contributed by atoms with E-state index in [0.717, 1.165) is 12.3 Å². The maximum Gasteiger partial charge on any atom is 0.412 e. The molecule has 1 unspecified atom stereocenters. The molecule has 1 aromatic carbocycles. The van der Waals surface area contributed by atoms with Crippen molar-refractivity contribution in [3.8, 4) is 5.75 Å². The van der Waals surface area contributed by atoms with Crippen molar-refractivity contribution >= 4 is 5.91 Å². The van der Waals surface area contributed by atoms with Gasteiger partial charge in [0.1, 0.15) is 5.75 Å². The summed E-state index contributed by atoms with van der Waals surface area (Å²) in [4.78, 5) is 25.6. The highest BCUT2D eigenvalue weighted by molar-refractivity contribution is 5.95. The summed E-state index contributed by atoms with van der Waals surface area (Å²) in [6.07, 6.45) is -3.59. The minimum absolute atomic E-state index is 0.0302. The number of pyridine rings is 1. The number of hydrogen-bond donors (Lipinski definition) is 2. The third kappa shape index (κ3) is 3.95. The highest BCUT2D eigenvalue weighted by Crippen LogP contribution is 2.33. The number of H-pyrrole nitrogens is 1. The monoisotopic (exact) mass is 340 g/mol. The SMILES string of the molecule is COc1ccc(C(NC(=O)c2c[nH]c(=O)cc2C)C(F)(F)F)cc1. The van der Waals surface area contributed by atoms with Crippen molar-refractivity contribution in [1.29, 1.82) is 0 Å². The molecule has 0 spiro atoms. The van der Waals surface area contributed by atoms with Crippen molar-refractivity contribution < 1.29 is 22.7 Å². The number of halogens is 3. The van der Waals surface area contributed by atoms with E-state index in [-0.39, 0.29) is 16.7 Å². The van der Waals surface area contributed by atoms with Crippen LogP contribution in [0.1, 0.15) is 27.5 Å². The minimum atomic E-state index is -4.68. The van der Waals surface area contributed by atoms with Crippen LogP contribution in [-0.4, -0.2) is 24.2 Å². The molecular formula is C16H15F3N2O3. The van der Waals surface area contributed by atoms with Crippen LogP contribution in [0.15, 0.2) is 41.3 Å². The highest BCUT2D eigenvalue weighted by Gasteiger charge is 2.42. The fourth-order valence-electron chi connectivity index (χ4n) is 2.18. The number of carbonyl (C=O) groups excluding carboxylic acids is 1. The number of ether oxygens (including phenoxy) is 1. The number of amides is 1. The molecular weight excluding hydrogens is 325 g/mol. The number of benzene rings is 1. The Balaban J connectivity index is 2.32. The summed E-state index contributed by atoms with van der Waals surface area (Å²) in [5.41, 5.74) is -0.311. The third-order valence-corrected chi connectivity index (χ3v) is 3.43. The van der Waals surface area contributed by atoms with Gasteiger partial charge in [-0.1, -0.05) is 12.1 Å². The molecule has 1 aromatic heterocycles. The lowest BCUT2D eigenvalue weighted by Crippen LogP contribution is -2.38. The van der Waals surface area contributed by atoms with E-state index in [1.807, 2.05) is 5.32 Å². The zero-order valence-electron chi connectivity index (χ0n) is 12.9. The van der Waals surface area contributed by atoms with Crippen LogP contribution in [0.25, 0.3) is 0 Å². The van der Waals surface area contributed by atoms with Gasteiger partial charge in [-0.15, -0.1) is 0 Å². The molecule has 0 bridgehead atoms. The van der Waals surface area contributed by atoms with Crippen LogP contribution in [0.2, 0.25) is 0 Å². The van der Waals surface area contributed by atoms with E-state index in [1.54, 1.807) is 0 Å².